The molecule has 0 fully saturated rings. The second kappa shape index (κ2) is 5.65. The first kappa shape index (κ1) is 14.2. The van der Waals surface area contributed by atoms with Gasteiger partial charge in [0.05, 0.1) is 11.3 Å². The minimum Gasteiger partial charge on any atom is -0.377 e. The van der Waals surface area contributed by atoms with Gasteiger partial charge in [0.1, 0.15) is 0 Å². The van der Waals surface area contributed by atoms with E-state index in [2.05, 4.69) is 37.3 Å². The average molecular weight is 239 g/mol. The highest BCUT2D eigenvalue weighted by molar-refractivity contribution is 5.11. The lowest BCUT2D eigenvalue weighted by molar-refractivity contribution is -0.0100. The number of likely N-dealkylation sites (N-methyl/N-ethyl adjacent to an activating group) is 1. The summed E-state index contributed by atoms with van der Waals surface area (Å²) in [4.78, 5) is 0. The molecule has 0 aromatic carbocycles. The van der Waals surface area contributed by atoms with Gasteiger partial charge in [-0.25, -0.2) is 0 Å². The molecule has 0 amide bonds. The lowest BCUT2D eigenvalue weighted by atomic mass is 9.94. The zero-order valence-electron chi connectivity index (χ0n) is 11.9. The molecule has 4 nitrogen and oxygen atoms in total. The SMILES string of the molecule is CCNC(Cc1cc(C)nn1C)C(C)(C)OC. The van der Waals surface area contributed by atoms with Gasteiger partial charge in [-0.15, -0.1) is 0 Å². The largest absolute Gasteiger partial charge is 0.377 e. The zero-order chi connectivity index (χ0) is 13.1. The number of nitrogens with zero attached hydrogens (tertiary/aromatic N) is 2. The number of ether oxygens (including phenoxy) is 1. The molecule has 0 aliphatic carbocycles. The molecular formula is C13H25N3O. The monoisotopic (exact) mass is 239 g/mol. The molecule has 0 aliphatic rings. The summed E-state index contributed by atoms with van der Waals surface area (Å²) >= 11 is 0. The minimum atomic E-state index is -0.186. The van der Waals surface area contributed by atoms with Gasteiger partial charge in [0.25, 0.3) is 0 Å². The first-order valence-electron chi connectivity index (χ1n) is 6.18. The molecule has 0 spiro atoms. The number of nitrogens with one attached hydrogen (secondary N) is 1. The van der Waals surface area contributed by atoms with E-state index in [0.29, 0.717) is 0 Å². The smallest absolute Gasteiger partial charge is 0.0778 e. The Morgan fingerprint density at radius 1 is 1.53 bits per heavy atom. The third-order valence-electron chi connectivity index (χ3n) is 3.33. The molecule has 17 heavy (non-hydrogen) atoms. The standard InChI is InChI=1S/C13H25N3O/c1-7-14-12(13(3,4)17-6)9-11-8-10(2)15-16(11)5/h8,12,14H,7,9H2,1-6H3. The van der Waals surface area contributed by atoms with Crippen LogP contribution in [0.5, 0.6) is 0 Å². The molecule has 1 aromatic heterocycles. The summed E-state index contributed by atoms with van der Waals surface area (Å²) in [6.07, 6.45) is 0.923. The predicted octanol–water partition coefficient (Wildman–Crippen LogP) is 1.67. The number of aryl methyl sites for hydroxylation is 2. The summed E-state index contributed by atoms with van der Waals surface area (Å²) in [7, 11) is 3.75. The summed E-state index contributed by atoms with van der Waals surface area (Å²) in [5.74, 6) is 0. The second-order valence-electron chi connectivity index (χ2n) is 5.02. The van der Waals surface area contributed by atoms with Crippen LogP contribution in [0.4, 0.5) is 0 Å². The van der Waals surface area contributed by atoms with E-state index in [1.54, 1.807) is 7.11 Å². The van der Waals surface area contributed by atoms with Crippen molar-refractivity contribution in [2.24, 2.45) is 7.05 Å². The van der Waals surface area contributed by atoms with Crippen molar-refractivity contribution >= 4 is 0 Å². The Kier molecular flexibility index (Phi) is 4.71. The number of methoxy groups -OCH3 is 1. The third kappa shape index (κ3) is 3.54. The number of hydrogen-bond donors (Lipinski definition) is 1. The molecule has 0 saturated carbocycles. The Hall–Kier alpha value is -0.870. The molecule has 1 atom stereocenters. The number of rotatable bonds is 6. The van der Waals surface area contributed by atoms with Gasteiger partial charge in [-0.2, -0.15) is 5.10 Å². The van der Waals surface area contributed by atoms with Crippen LogP contribution in [0, 0.1) is 6.92 Å². The molecule has 1 unspecified atom stereocenters. The average Bonchev–Trinajstić information content (AvgIpc) is 2.57. The van der Waals surface area contributed by atoms with Gasteiger partial charge in [-0.05, 0) is 33.4 Å². The Bertz CT molecular complexity index is 358. The van der Waals surface area contributed by atoms with Crippen molar-refractivity contribution in [3.05, 3.63) is 17.5 Å². The Balaban J connectivity index is 2.83. The molecule has 1 heterocycles. The molecular weight excluding hydrogens is 214 g/mol. The van der Waals surface area contributed by atoms with Crippen LogP contribution in [0.25, 0.3) is 0 Å². The topological polar surface area (TPSA) is 39.1 Å². The highest BCUT2D eigenvalue weighted by Crippen LogP contribution is 2.18. The van der Waals surface area contributed by atoms with Crippen molar-refractivity contribution in [2.45, 2.75) is 45.8 Å². The van der Waals surface area contributed by atoms with E-state index in [-0.39, 0.29) is 11.6 Å². The molecule has 98 valence electrons. The minimum absolute atomic E-state index is 0.186. The van der Waals surface area contributed by atoms with Gasteiger partial charge >= 0.3 is 0 Å². The maximum atomic E-state index is 5.58. The van der Waals surface area contributed by atoms with Crippen LogP contribution in [0.3, 0.4) is 0 Å². The van der Waals surface area contributed by atoms with E-state index in [9.17, 15) is 0 Å². The van der Waals surface area contributed by atoms with Crippen LogP contribution in [-0.2, 0) is 18.2 Å². The Morgan fingerprint density at radius 2 is 2.18 bits per heavy atom. The van der Waals surface area contributed by atoms with Crippen LogP contribution in [0.1, 0.15) is 32.2 Å². The summed E-state index contributed by atoms with van der Waals surface area (Å²) in [5, 5.41) is 7.87. The molecule has 4 heteroatoms. The van der Waals surface area contributed by atoms with Gasteiger partial charge in [0, 0.05) is 32.3 Å². The first-order valence-corrected chi connectivity index (χ1v) is 6.18. The molecule has 0 radical (unpaired) electrons. The van der Waals surface area contributed by atoms with Crippen LogP contribution < -0.4 is 5.32 Å². The van der Waals surface area contributed by atoms with Crippen LogP contribution >= 0.6 is 0 Å². The van der Waals surface area contributed by atoms with Gasteiger partial charge < -0.3 is 10.1 Å². The normalized spacial score (nSPS) is 14.0. The quantitative estimate of drug-likeness (QED) is 0.821. The van der Waals surface area contributed by atoms with Gasteiger partial charge in [-0.1, -0.05) is 6.92 Å². The Labute approximate surface area is 104 Å². The van der Waals surface area contributed by atoms with E-state index in [0.717, 1.165) is 18.7 Å². The second-order valence-corrected chi connectivity index (χ2v) is 5.02. The lowest BCUT2D eigenvalue weighted by Gasteiger charge is -2.33. The highest BCUT2D eigenvalue weighted by atomic mass is 16.5. The van der Waals surface area contributed by atoms with Gasteiger partial charge in [0.15, 0.2) is 0 Å². The molecule has 1 rings (SSSR count). The molecule has 0 bridgehead atoms. The summed E-state index contributed by atoms with van der Waals surface area (Å²) in [5.41, 5.74) is 2.11. The maximum absolute atomic E-state index is 5.58. The van der Waals surface area contributed by atoms with Crippen LogP contribution in [-0.4, -0.2) is 35.1 Å². The Morgan fingerprint density at radius 3 is 2.59 bits per heavy atom. The van der Waals surface area contributed by atoms with E-state index < -0.39 is 0 Å². The predicted molar refractivity (Wildman–Crippen MR) is 70.2 cm³/mol. The summed E-state index contributed by atoms with van der Waals surface area (Å²) in [6.45, 7) is 9.31. The van der Waals surface area contributed by atoms with E-state index in [4.69, 9.17) is 4.74 Å². The number of aromatic nitrogens is 2. The van der Waals surface area contributed by atoms with E-state index in [1.165, 1.54) is 5.69 Å². The highest BCUT2D eigenvalue weighted by Gasteiger charge is 2.29. The van der Waals surface area contributed by atoms with Crippen LogP contribution in [0.2, 0.25) is 0 Å². The van der Waals surface area contributed by atoms with Gasteiger partial charge in [0.2, 0.25) is 0 Å². The van der Waals surface area contributed by atoms with Crippen LogP contribution in [0.15, 0.2) is 6.07 Å². The van der Waals surface area contributed by atoms with Crippen molar-refractivity contribution in [2.75, 3.05) is 13.7 Å². The van der Waals surface area contributed by atoms with E-state index >= 15 is 0 Å². The fraction of sp³-hybridized carbons (Fsp3) is 0.769. The van der Waals surface area contributed by atoms with Crippen molar-refractivity contribution in [1.29, 1.82) is 0 Å². The molecule has 0 aliphatic heterocycles. The van der Waals surface area contributed by atoms with Crippen molar-refractivity contribution in [3.8, 4) is 0 Å². The molecule has 0 saturated heterocycles. The molecule has 1 aromatic rings. The van der Waals surface area contributed by atoms with Gasteiger partial charge in [-0.3, -0.25) is 4.68 Å². The van der Waals surface area contributed by atoms with E-state index in [1.807, 2.05) is 18.7 Å². The molecule has 1 N–H and O–H groups in total. The third-order valence-corrected chi connectivity index (χ3v) is 3.33. The lowest BCUT2D eigenvalue weighted by Crippen LogP contribution is -2.49. The fourth-order valence-electron chi connectivity index (χ4n) is 2.02. The van der Waals surface area contributed by atoms with Crippen molar-refractivity contribution in [1.82, 2.24) is 15.1 Å². The number of hydrogen-bond acceptors (Lipinski definition) is 3. The zero-order valence-corrected chi connectivity index (χ0v) is 11.9. The van der Waals surface area contributed by atoms with Crippen molar-refractivity contribution < 1.29 is 4.74 Å². The van der Waals surface area contributed by atoms with Crippen molar-refractivity contribution in [3.63, 3.8) is 0 Å². The fourth-order valence-corrected chi connectivity index (χ4v) is 2.02. The maximum Gasteiger partial charge on any atom is 0.0778 e. The summed E-state index contributed by atoms with van der Waals surface area (Å²) < 4.78 is 7.53. The first-order chi connectivity index (χ1) is 7.90. The summed E-state index contributed by atoms with van der Waals surface area (Å²) in [6, 6.07) is 2.42.